The lowest BCUT2D eigenvalue weighted by atomic mass is 9.35. The molecule has 0 amide bonds. The summed E-state index contributed by atoms with van der Waals surface area (Å²) in [6, 6.07) is 0. The Bertz CT molecular complexity index is 823. The summed E-state index contributed by atoms with van der Waals surface area (Å²) in [5.74, 6) is 3.33. The van der Waals surface area contributed by atoms with Gasteiger partial charge in [0.2, 0.25) is 0 Å². The second-order valence-electron chi connectivity index (χ2n) is 14.4. The standard InChI is InChI=1S/C30H48O2/c1-19(9-12-25-27(4,5)32-25)20-13-17-29(7)21(20)10-11-23-28(6)16-15-24(31)26(2,3)22(28)14-18-30(23,29)8/h20-23,25H,1,9-18H2,2-8H3/t20-,21+,22+,23-,25-,28+,29+,30-/m1/s1. The summed E-state index contributed by atoms with van der Waals surface area (Å²) in [5.41, 5.74) is 2.60. The minimum atomic E-state index is -0.142. The van der Waals surface area contributed by atoms with E-state index < -0.39 is 0 Å². The topological polar surface area (TPSA) is 29.6 Å². The Morgan fingerprint density at radius 3 is 2.22 bits per heavy atom. The molecule has 8 atom stereocenters. The molecule has 0 N–H and O–H groups in total. The lowest BCUT2D eigenvalue weighted by molar-refractivity contribution is -0.201. The summed E-state index contributed by atoms with van der Waals surface area (Å²) in [4.78, 5) is 12.9. The molecule has 4 aliphatic carbocycles. The highest BCUT2D eigenvalue weighted by Gasteiger charge is 2.68. The van der Waals surface area contributed by atoms with Crippen molar-refractivity contribution in [3.8, 4) is 0 Å². The monoisotopic (exact) mass is 440 g/mol. The van der Waals surface area contributed by atoms with Crippen LogP contribution in [0.3, 0.4) is 0 Å². The van der Waals surface area contributed by atoms with Gasteiger partial charge in [-0.1, -0.05) is 46.8 Å². The molecule has 5 rings (SSSR count). The number of Topliss-reactive ketones (excluding diaryl/α,β-unsaturated/α-hetero) is 1. The van der Waals surface area contributed by atoms with Gasteiger partial charge in [0.25, 0.3) is 0 Å². The van der Waals surface area contributed by atoms with Crippen molar-refractivity contribution in [3.05, 3.63) is 12.2 Å². The number of fused-ring (bicyclic) bond motifs is 5. The number of allylic oxidation sites excluding steroid dienone is 1. The molecule has 2 heteroatoms. The SMILES string of the molecule is C=C(CC[C@H]1OC1(C)C)[C@H]1CC[C@@]2(C)[C@H]1CC[C@@H]1[C@@]3(C)CCC(=O)C(C)(C)[C@@H]3CC[C@]12C. The van der Waals surface area contributed by atoms with Gasteiger partial charge in [0, 0.05) is 11.8 Å². The van der Waals surface area contributed by atoms with Crippen LogP contribution in [0.25, 0.3) is 0 Å². The number of hydrogen-bond donors (Lipinski definition) is 0. The van der Waals surface area contributed by atoms with Crippen molar-refractivity contribution in [1.82, 2.24) is 0 Å². The van der Waals surface area contributed by atoms with Gasteiger partial charge in [-0.05, 0) is 112 Å². The van der Waals surface area contributed by atoms with Crippen LogP contribution in [0.2, 0.25) is 0 Å². The number of hydrogen-bond acceptors (Lipinski definition) is 2. The van der Waals surface area contributed by atoms with E-state index in [0.717, 1.165) is 37.5 Å². The number of carbonyl (C=O) groups excluding carboxylic acids is 1. The first-order chi connectivity index (χ1) is 14.8. The Labute approximate surface area is 197 Å². The largest absolute Gasteiger partial charge is 0.367 e. The number of ketones is 1. The van der Waals surface area contributed by atoms with Gasteiger partial charge in [0.15, 0.2) is 0 Å². The van der Waals surface area contributed by atoms with Crippen molar-refractivity contribution in [3.63, 3.8) is 0 Å². The number of rotatable bonds is 4. The molecule has 0 bridgehead atoms. The molecule has 0 radical (unpaired) electrons. The van der Waals surface area contributed by atoms with Crippen LogP contribution in [-0.2, 0) is 9.53 Å². The van der Waals surface area contributed by atoms with Crippen molar-refractivity contribution >= 4 is 5.78 Å². The Morgan fingerprint density at radius 1 is 0.906 bits per heavy atom. The van der Waals surface area contributed by atoms with Crippen LogP contribution in [0.5, 0.6) is 0 Å². The molecule has 0 unspecified atom stereocenters. The molecule has 0 aromatic carbocycles. The van der Waals surface area contributed by atoms with Crippen molar-refractivity contribution in [2.45, 2.75) is 124 Å². The highest BCUT2D eigenvalue weighted by molar-refractivity contribution is 5.85. The maximum absolute atomic E-state index is 12.9. The molecule has 0 aromatic rings. The Hall–Kier alpha value is -0.630. The van der Waals surface area contributed by atoms with Crippen LogP contribution in [0.4, 0.5) is 0 Å². The minimum absolute atomic E-state index is 0.0965. The van der Waals surface area contributed by atoms with E-state index in [9.17, 15) is 4.79 Å². The molecule has 5 aliphatic rings. The molecule has 2 nitrogen and oxygen atoms in total. The van der Waals surface area contributed by atoms with Crippen LogP contribution < -0.4 is 0 Å². The number of carbonyl (C=O) groups is 1. The fourth-order valence-corrected chi connectivity index (χ4v) is 10.3. The summed E-state index contributed by atoms with van der Waals surface area (Å²) in [5, 5.41) is 0. The normalized spacial score (nSPS) is 50.8. The third-order valence-corrected chi connectivity index (χ3v) is 12.6. The first-order valence-corrected chi connectivity index (χ1v) is 13.7. The van der Waals surface area contributed by atoms with Crippen LogP contribution in [-0.4, -0.2) is 17.5 Å². The van der Waals surface area contributed by atoms with Gasteiger partial charge >= 0.3 is 0 Å². The van der Waals surface area contributed by atoms with Gasteiger partial charge in [-0.3, -0.25) is 4.79 Å². The van der Waals surface area contributed by atoms with Crippen LogP contribution in [0, 0.1) is 45.3 Å². The molecule has 1 saturated heterocycles. The van der Waals surface area contributed by atoms with E-state index in [1.54, 1.807) is 0 Å². The summed E-state index contributed by atoms with van der Waals surface area (Å²) in [7, 11) is 0. The molecular formula is C30H48O2. The third-order valence-electron chi connectivity index (χ3n) is 12.6. The van der Waals surface area contributed by atoms with Crippen LogP contribution in [0.1, 0.15) is 113 Å². The van der Waals surface area contributed by atoms with Gasteiger partial charge in [-0.15, -0.1) is 0 Å². The van der Waals surface area contributed by atoms with Crippen LogP contribution in [0.15, 0.2) is 12.2 Å². The predicted octanol–water partition coefficient (Wildman–Crippen LogP) is 7.75. The maximum atomic E-state index is 12.9. The highest BCUT2D eigenvalue weighted by Crippen LogP contribution is 2.75. The first-order valence-electron chi connectivity index (χ1n) is 13.7. The molecule has 1 aliphatic heterocycles. The molecule has 0 aromatic heterocycles. The van der Waals surface area contributed by atoms with Gasteiger partial charge in [0.05, 0.1) is 11.7 Å². The zero-order valence-electron chi connectivity index (χ0n) is 22.0. The lowest BCUT2D eigenvalue weighted by Crippen LogP contribution is -2.63. The summed E-state index contributed by atoms with van der Waals surface area (Å²) in [6.07, 6.45) is 12.6. The second-order valence-corrected chi connectivity index (χ2v) is 14.4. The predicted molar refractivity (Wildman–Crippen MR) is 131 cm³/mol. The summed E-state index contributed by atoms with van der Waals surface area (Å²) in [6.45, 7) is 21.5. The van der Waals surface area contributed by atoms with Gasteiger partial charge in [-0.25, -0.2) is 0 Å². The van der Waals surface area contributed by atoms with E-state index in [0.29, 0.717) is 40.0 Å². The summed E-state index contributed by atoms with van der Waals surface area (Å²) >= 11 is 0. The van der Waals surface area contributed by atoms with Gasteiger partial charge in [0.1, 0.15) is 5.78 Å². The third kappa shape index (κ3) is 2.96. The van der Waals surface area contributed by atoms with E-state index in [4.69, 9.17) is 4.74 Å². The smallest absolute Gasteiger partial charge is 0.138 e. The fourth-order valence-electron chi connectivity index (χ4n) is 10.3. The van der Waals surface area contributed by atoms with Crippen molar-refractivity contribution in [1.29, 1.82) is 0 Å². The zero-order chi connectivity index (χ0) is 23.3. The van der Waals surface area contributed by atoms with E-state index in [1.165, 1.54) is 44.1 Å². The fraction of sp³-hybridized carbons (Fsp3) is 0.900. The zero-order valence-corrected chi connectivity index (χ0v) is 22.0. The van der Waals surface area contributed by atoms with Gasteiger partial charge < -0.3 is 4.74 Å². The van der Waals surface area contributed by atoms with E-state index in [2.05, 4.69) is 55.0 Å². The second kappa shape index (κ2) is 6.96. The average Bonchev–Trinajstić information content (AvgIpc) is 3.15. The van der Waals surface area contributed by atoms with Crippen molar-refractivity contribution in [2.24, 2.45) is 45.3 Å². The quantitative estimate of drug-likeness (QED) is 0.330. The summed E-state index contributed by atoms with van der Waals surface area (Å²) < 4.78 is 5.85. The molecular weight excluding hydrogens is 392 g/mol. The molecule has 1 heterocycles. The van der Waals surface area contributed by atoms with Crippen molar-refractivity contribution < 1.29 is 9.53 Å². The van der Waals surface area contributed by atoms with E-state index in [-0.39, 0.29) is 11.0 Å². The van der Waals surface area contributed by atoms with Gasteiger partial charge in [-0.2, -0.15) is 0 Å². The Balaban J connectivity index is 1.37. The van der Waals surface area contributed by atoms with Crippen molar-refractivity contribution in [2.75, 3.05) is 0 Å². The molecule has 5 fully saturated rings. The first kappa shape index (κ1) is 23.1. The van der Waals surface area contributed by atoms with Crippen LogP contribution >= 0.6 is 0 Å². The molecule has 4 saturated carbocycles. The lowest BCUT2D eigenvalue weighted by Gasteiger charge is -2.69. The minimum Gasteiger partial charge on any atom is -0.367 e. The Morgan fingerprint density at radius 2 is 1.56 bits per heavy atom. The molecule has 180 valence electrons. The van der Waals surface area contributed by atoms with E-state index in [1.807, 2.05) is 0 Å². The maximum Gasteiger partial charge on any atom is 0.138 e. The Kier molecular flexibility index (Phi) is 5.03. The molecule has 0 spiro atoms. The average molecular weight is 441 g/mol. The number of ether oxygens (including phenoxy) is 1. The van der Waals surface area contributed by atoms with E-state index >= 15 is 0 Å². The number of epoxide rings is 1. The highest BCUT2D eigenvalue weighted by atomic mass is 16.6. The molecule has 32 heavy (non-hydrogen) atoms.